The maximum absolute atomic E-state index is 10.8. The Morgan fingerprint density at radius 1 is 1.21 bits per heavy atom. The first kappa shape index (κ1) is 17.8. The fraction of sp³-hybridized carbons (Fsp3) is 0.444. The number of hydrogen-bond acceptors (Lipinski definition) is 5. The highest BCUT2D eigenvalue weighted by Gasteiger charge is 2.32. The molecule has 0 saturated carbocycles. The Balaban J connectivity index is 2.33. The lowest BCUT2D eigenvalue weighted by Gasteiger charge is -2.33. The number of ether oxygens (including phenoxy) is 2. The molecule has 0 radical (unpaired) electrons. The number of aliphatic imine (C=N–C) groups is 1. The normalized spacial score (nSPS) is 18.4. The van der Waals surface area contributed by atoms with Crippen LogP contribution in [0.15, 0.2) is 40.7 Å². The van der Waals surface area contributed by atoms with Gasteiger partial charge in [0.25, 0.3) is 0 Å². The van der Waals surface area contributed by atoms with E-state index >= 15 is 0 Å². The minimum absolute atomic E-state index is 0.0336. The van der Waals surface area contributed by atoms with Crippen molar-refractivity contribution in [3.05, 3.63) is 35.7 Å². The molecule has 0 fully saturated rings. The SMILES string of the molecule is COC1=C(Nc2ccc(OC)cc2)CC(C)(C)CC1=NCC(=O)O. The van der Waals surface area contributed by atoms with Gasteiger partial charge in [0.05, 0.1) is 25.6 Å². The van der Waals surface area contributed by atoms with Crippen LogP contribution in [0.25, 0.3) is 0 Å². The average Bonchev–Trinajstić information content (AvgIpc) is 2.52. The molecule has 0 spiro atoms. The van der Waals surface area contributed by atoms with Gasteiger partial charge in [-0.25, -0.2) is 0 Å². The van der Waals surface area contributed by atoms with E-state index in [9.17, 15) is 4.79 Å². The van der Waals surface area contributed by atoms with Gasteiger partial charge in [0.1, 0.15) is 12.3 Å². The molecule has 0 heterocycles. The molecule has 2 rings (SSSR count). The molecule has 1 aromatic rings. The molecule has 6 nitrogen and oxygen atoms in total. The van der Waals surface area contributed by atoms with Crippen molar-refractivity contribution in [3.63, 3.8) is 0 Å². The summed E-state index contributed by atoms with van der Waals surface area (Å²) in [7, 11) is 3.21. The van der Waals surface area contributed by atoms with E-state index in [4.69, 9.17) is 14.6 Å². The van der Waals surface area contributed by atoms with E-state index in [-0.39, 0.29) is 12.0 Å². The molecule has 130 valence electrons. The minimum atomic E-state index is -0.953. The van der Waals surface area contributed by atoms with Gasteiger partial charge in [-0.3, -0.25) is 9.79 Å². The molecule has 0 atom stereocenters. The van der Waals surface area contributed by atoms with Gasteiger partial charge in [-0.2, -0.15) is 0 Å². The molecule has 2 N–H and O–H groups in total. The molecule has 0 amide bonds. The van der Waals surface area contributed by atoms with Gasteiger partial charge in [-0.15, -0.1) is 0 Å². The van der Waals surface area contributed by atoms with E-state index in [0.717, 1.165) is 23.6 Å². The van der Waals surface area contributed by atoms with Crippen molar-refractivity contribution < 1.29 is 19.4 Å². The number of benzene rings is 1. The Morgan fingerprint density at radius 3 is 2.42 bits per heavy atom. The Hall–Kier alpha value is -2.50. The van der Waals surface area contributed by atoms with Crippen molar-refractivity contribution in [2.75, 3.05) is 26.1 Å². The monoisotopic (exact) mass is 332 g/mol. The summed E-state index contributed by atoms with van der Waals surface area (Å²) in [5, 5.41) is 12.3. The number of carboxylic acid groups (broad SMARTS) is 1. The van der Waals surface area contributed by atoms with Crippen LogP contribution in [-0.2, 0) is 9.53 Å². The van der Waals surface area contributed by atoms with Crippen LogP contribution >= 0.6 is 0 Å². The first-order valence-corrected chi connectivity index (χ1v) is 7.78. The standard InChI is InChI=1S/C18H24N2O4/c1-18(2)9-14(19-11-16(21)22)17(24-4)15(10-18)20-12-5-7-13(23-3)8-6-12/h5-8,20H,9-11H2,1-4H3,(H,21,22). The zero-order valence-electron chi connectivity index (χ0n) is 14.5. The molecular weight excluding hydrogens is 308 g/mol. The number of hydrogen-bond donors (Lipinski definition) is 2. The van der Waals surface area contributed by atoms with E-state index in [1.165, 1.54) is 0 Å². The summed E-state index contributed by atoms with van der Waals surface area (Å²) in [5.74, 6) is 0.464. The van der Waals surface area contributed by atoms with Gasteiger partial charge in [0.15, 0.2) is 5.76 Å². The number of carboxylic acids is 1. The number of carbonyl (C=O) groups is 1. The van der Waals surface area contributed by atoms with E-state index in [0.29, 0.717) is 17.9 Å². The molecule has 0 aromatic heterocycles. The maximum Gasteiger partial charge on any atom is 0.325 e. The molecule has 0 aliphatic heterocycles. The van der Waals surface area contributed by atoms with Gasteiger partial charge < -0.3 is 19.9 Å². The molecule has 1 aromatic carbocycles. The quantitative estimate of drug-likeness (QED) is 0.835. The zero-order valence-corrected chi connectivity index (χ0v) is 14.5. The first-order valence-electron chi connectivity index (χ1n) is 7.78. The summed E-state index contributed by atoms with van der Waals surface area (Å²) < 4.78 is 10.7. The third-order valence-electron chi connectivity index (χ3n) is 3.83. The first-order chi connectivity index (χ1) is 11.3. The molecule has 1 aliphatic carbocycles. The van der Waals surface area contributed by atoms with E-state index in [2.05, 4.69) is 24.2 Å². The topological polar surface area (TPSA) is 80.1 Å². The summed E-state index contributed by atoms with van der Waals surface area (Å²) in [6, 6.07) is 7.61. The fourth-order valence-electron chi connectivity index (χ4n) is 2.81. The van der Waals surface area contributed by atoms with Crippen LogP contribution in [0, 0.1) is 5.41 Å². The predicted octanol–water partition coefficient (Wildman–Crippen LogP) is 3.31. The van der Waals surface area contributed by atoms with Crippen LogP contribution in [-0.4, -0.2) is 37.6 Å². The molecule has 0 unspecified atom stereocenters. The Morgan fingerprint density at radius 2 is 1.88 bits per heavy atom. The summed E-state index contributed by atoms with van der Waals surface area (Å²) in [5.41, 5.74) is 2.47. The smallest absolute Gasteiger partial charge is 0.325 e. The molecular formula is C18H24N2O4. The number of aliphatic carboxylic acids is 1. The Labute approximate surface area is 142 Å². The lowest BCUT2D eigenvalue weighted by molar-refractivity contribution is -0.135. The summed E-state index contributed by atoms with van der Waals surface area (Å²) in [6.07, 6.45) is 1.46. The molecule has 0 saturated heterocycles. The van der Waals surface area contributed by atoms with Crippen molar-refractivity contribution in [1.82, 2.24) is 0 Å². The van der Waals surface area contributed by atoms with Crippen LogP contribution in [0.5, 0.6) is 5.75 Å². The number of nitrogens with one attached hydrogen (secondary N) is 1. The van der Waals surface area contributed by atoms with Crippen LogP contribution in [0.1, 0.15) is 26.7 Å². The average molecular weight is 332 g/mol. The minimum Gasteiger partial charge on any atom is -0.497 e. The number of nitrogens with zero attached hydrogens (tertiary/aromatic N) is 1. The second-order valence-corrected chi connectivity index (χ2v) is 6.54. The highest BCUT2D eigenvalue weighted by molar-refractivity contribution is 6.01. The highest BCUT2D eigenvalue weighted by atomic mass is 16.5. The maximum atomic E-state index is 10.8. The molecule has 6 heteroatoms. The van der Waals surface area contributed by atoms with Crippen LogP contribution < -0.4 is 10.1 Å². The van der Waals surface area contributed by atoms with Gasteiger partial charge in [-0.05, 0) is 42.5 Å². The van der Waals surface area contributed by atoms with Gasteiger partial charge >= 0.3 is 5.97 Å². The van der Waals surface area contributed by atoms with Crippen molar-refractivity contribution in [2.24, 2.45) is 10.4 Å². The van der Waals surface area contributed by atoms with E-state index in [1.54, 1.807) is 14.2 Å². The number of anilines is 1. The van der Waals surface area contributed by atoms with Crippen molar-refractivity contribution in [1.29, 1.82) is 0 Å². The van der Waals surface area contributed by atoms with Crippen LogP contribution in [0.2, 0.25) is 0 Å². The third kappa shape index (κ3) is 4.50. The molecule has 0 bridgehead atoms. The van der Waals surface area contributed by atoms with Gasteiger partial charge in [0.2, 0.25) is 0 Å². The number of methoxy groups -OCH3 is 2. The Kier molecular flexibility index (Phi) is 5.49. The van der Waals surface area contributed by atoms with Crippen LogP contribution in [0.4, 0.5) is 5.69 Å². The number of rotatable bonds is 6. The van der Waals surface area contributed by atoms with E-state index in [1.807, 2.05) is 24.3 Å². The van der Waals surface area contributed by atoms with Crippen molar-refractivity contribution in [2.45, 2.75) is 26.7 Å². The third-order valence-corrected chi connectivity index (χ3v) is 3.83. The largest absolute Gasteiger partial charge is 0.497 e. The lowest BCUT2D eigenvalue weighted by Crippen LogP contribution is -2.29. The van der Waals surface area contributed by atoms with Gasteiger partial charge in [-0.1, -0.05) is 13.8 Å². The fourth-order valence-corrected chi connectivity index (χ4v) is 2.81. The predicted molar refractivity (Wildman–Crippen MR) is 93.6 cm³/mol. The number of allylic oxidation sites excluding steroid dienone is 2. The highest BCUT2D eigenvalue weighted by Crippen LogP contribution is 2.38. The zero-order chi connectivity index (χ0) is 17.7. The van der Waals surface area contributed by atoms with Crippen LogP contribution in [0.3, 0.4) is 0 Å². The van der Waals surface area contributed by atoms with Gasteiger partial charge in [0, 0.05) is 5.69 Å². The molecule has 1 aliphatic rings. The second kappa shape index (κ2) is 7.38. The van der Waals surface area contributed by atoms with Crippen molar-refractivity contribution >= 4 is 17.4 Å². The Bertz CT molecular complexity index is 660. The second-order valence-electron chi connectivity index (χ2n) is 6.54. The summed E-state index contributed by atoms with van der Waals surface area (Å²) in [6.45, 7) is 4.00. The van der Waals surface area contributed by atoms with Crippen molar-refractivity contribution in [3.8, 4) is 5.75 Å². The molecule has 24 heavy (non-hydrogen) atoms. The summed E-state index contributed by atoms with van der Waals surface area (Å²) in [4.78, 5) is 15.1. The van der Waals surface area contributed by atoms with E-state index < -0.39 is 5.97 Å². The summed E-state index contributed by atoms with van der Waals surface area (Å²) >= 11 is 0. The lowest BCUT2D eigenvalue weighted by atomic mass is 9.77.